The first-order chi connectivity index (χ1) is 15.5. The van der Waals surface area contributed by atoms with Crippen LogP contribution in [0.4, 0.5) is 5.82 Å². The molecule has 168 valence electrons. The summed E-state index contributed by atoms with van der Waals surface area (Å²) in [6.07, 6.45) is 2.08. The van der Waals surface area contributed by atoms with Crippen LogP contribution >= 0.6 is 0 Å². The van der Waals surface area contributed by atoms with Gasteiger partial charge in [0.1, 0.15) is 5.82 Å². The Bertz CT molecular complexity index is 1050. The molecule has 0 aliphatic rings. The van der Waals surface area contributed by atoms with Crippen LogP contribution in [0, 0.1) is 0 Å². The van der Waals surface area contributed by atoms with Gasteiger partial charge in [0.25, 0.3) is 0 Å². The van der Waals surface area contributed by atoms with Crippen molar-refractivity contribution in [3.8, 4) is 17.1 Å². The highest BCUT2D eigenvalue weighted by Gasteiger charge is 2.21. The fourth-order valence-corrected chi connectivity index (χ4v) is 3.20. The average Bonchev–Trinajstić information content (AvgIpc) is 3.17. The lowest BCUT2D eigenvalue weighted by molar-refractivity contribution is -0.121. The van der Waals surface area contributed by atoms with E-state index in [2.05, 4.69) is 26.0 Å². The first-order valence-electron chi connectivity index (χ1n) is 10.4. The Morgan fingerprint density at radius 2 is 1.94 bits per heavy atom. The maximum atomic E-state index is 13.1. The van der Waals surface area contributed by atoms with Gasteiger partial charge in [-0.05, 0) is 25.0 Å². The van der Waals surface area contributed by atoms with Gasteiger partial charge in [0, 0.05) is 37.5 Å². The molecule has 0 aliphatic carbocycles. The van der Waals surface area contributed by atoms with E-state index in [0.717, 1.165) is 11.1 Å². The zero-order valence-electron chi connectivity index (χ0n) is 18.5. The first kappa shape index (κ1) is 23.0. The van der Waals surface area contributed by atoms with Crippen molar-refractivity contribution in [2.24, 2.45) is 7.05 Å². The minimum Gasteiger partial charge on any atom is -0.481 e. The van der Waals surface area contributed by atoms with Crippen molar-refractivity contribution in [2.45, 2.75) is 19.4 Å². The van der Waals surface area contributed by atoms with E-state index in [9.17, 15) is 9.59 Å². The van der Waals surface area contributed by atoms with Crippen molar-refractivity contribution < 1.29 is 14.3 Å². The number of aromatic nitrogens is 3. The number of carbonyl (C=O) groups is 2. The summed E-state index contributed by atoms with van der Waals surface area (Å²) in [5.74, 6) is 0.614. The van der Waals surface area contributed by atoms with Gasteiger partial charge in [-0.3, -0.25) is 19.6 Å². The topological polar surface area (TPSA) is 110 Å². The molecule has 3 rings (SSSR count). The molecular formula is C23H28N6O3. The molecule has 0 radical (unpaired) electrons. The van der Waals surface area contributed by atoms with Crippen LogP contribution in [0.2, 0.25) is 0 Å². The Labute approximate surface area is 187 Å². The molecular weight excluding hydrogens is 408 g/mol. The van der Waals surface area contributed by atoms with Gasteiger partial charge in [-0.2, -0.15) is 5.10 Å². The number of likely N-dealkylation sites (N-methyl/N-ethyl adjacent to an activating group) is 1. The van der Waals surface area contributed by atoms with Gasteiger partial charge in [-0.15, -0.1) is 0 Å². The number of carbonyl (C=O) groups excluding carboxylic acids is 2. The lowest BCUT2D eigenvalue weighted by Gasteiger charge is -2.18. The highest BCUT2D eigenvalue weighted by atomic mass is 16.5. The van der Waals surface area contributed by atoms with Gasteiger partial charge in [0.15, 0.2) is 0 Å². The number of nitrogens with one attached hydrogen (secondary N) is 3. The molecule has 2 amide bonds. The van der Waals surface area contributed by atoms with Crippen LogP contribution in [-0.4, -0.2) is 52.8 Å². The Kier molecular flexibility index (Phi) is 7.93. The van der Waals surface area contributed by atoms with Crippen LogP contribution in [0.3, 0.4) is 0 Å². The number of amides is 2. The number of rotatable bonds is 10. The maximum Gasteiger partial charge on any atom is 0.243 e. The molecule has 32 heavy (non-hydrogen) atoms. The van der Waals surface area contributed by atoms with Gasteiger partial charge in [0.05, 0.1) is 25.4 Å². The third kappa shape index (κ3) is 6.14. The second-order valence-corrected chi connectivity index (χ2v) is 7.19. The molecule has 3 N–H and O–H groups in total. The number of hydrogen-bond acceptors (Lipinski definition) is 6. The molecule has 9 heteroatoms. The molecule has 0 saturated carbocycles. The van der Waals surface area contributed by atoms with Gasteiger partial charge < -0.3 is 15.4 Å². The van der Waals surface area contributed by atoms with Crippen molar-refractivity contribution in [1.82, 2.24) is 25.4 Å². The van der Waals surface area contributed by atoms with Crippen LogP contribution < -0.4 is 20.7 Å². The van der Waals surface area contributed by atoms with E-state index in [0.29, 0.717) is 30.4 Å². The molecule has 0 fully saturated rings. The summed E-state index contributed by atoms with van der Waals surface area (Å²) in [5, 5.41) is 13.2. The minimum atomic E-state index is -0.598. The highest BCUT2D eigenvalue weighted by Crippen LogP contribution is 2.23. The Balaban J connectivity index is 1.75. The second-order valence-electron chi connectivity index (χ2n) is 7.19. The number of nitrogens with zero attached hydrogens (tertiary/aromatic N) is 3. The SMILES string of the molecule is CCNC(=O)CNC(Cc1ccccc1)C(=O)Nc1cc(-c2ccnc(OC)c2)nn1C. The lowest BCUT2D eigenvalue weighted by Crippen LogP contribution is -2.46. The molecule has 0 bridgehead atoms. The van der Waals surface area contributed by atoms with E-state index < -0.39 is 6.04 Å². The summed E-state index contributed by atoms with van der Waals surface area (Å²) in [6, 6.07) is 14.5. The van der Waals surface area contributed by atoms with Crippen molar-refractivity contribution in [3.05, 3.63) is 60.3 Å². The quantitative estimate of drug-likeness (QED) is 0.447. The first-order valence-corrected chi connectivity index (χ1v) is 10.4. The van der Waals surface area contributed by atoms with E-state index in [1.165, 1.54) is 0 Å². The number of pyridine rings is 1. The van der Waals surface area contributed by atoms with Gasteiger partial charge in [0.2, 0.25) is 17.7 Å². The van der Waals surface area contributed by atoms with Crippen LogP contribution in [-0.2, 0) is 23.1 Å². The summed E-state index contributed by atoms with van der Waals surface area (Å²) in [5.41, 5.74) is 2.49. The monoisotopic (exact) mass is 436 g/mol. The third-order valence-corrected chi connectivity index (χ3v) is 4.85. The number of ether oxygens (including phenoxy) is 1. The fraction of sp³-hybridized carbons (Fsp3) is 0.304. The fourth-order valence-electron chi connectivity index (χ4n) is 3.20. The maximum absolute atomic E-state index is 13.1. The molecule has 0 aliphatic heterocycles. The van der Waals surface area contributed by atoms with E-state index in [4.69, 9.17) is 4.74 Å². The molecule has 1 unspecified atom stereocenters. The van der Waals surface area contributed by atoms with Crippen molar-refractivity contribution >= 4 is 17.6 Å². The molecule has 2 heterocycles. The summed E-state index contributed by atoms with van der Waals surface area (Å²) in [4.78, 5) is 29.1. The molecule has 1 atom stereocenters. The van der Waals surface area contributed by atoms with Gasteiger partial charge in [-0.1, -0.05) is 30.3 Å². The normalized spacial score (nSPS) is 11.6. The minimum absolute atomic E-state index is 0.0478. The summed E-state index contributed by atoms with van der Waals surface area (Å²) < 4.78 is 6.77. The number of methoxy groups -OCH3 is 1. The standard InChI is InChI=1S/C23H28N6O3/c1-4-24-21(30)15-26-19(12-16-8-6-5-7-9-16)23(31)27-20-14-18(28-29(20)2)17-10-11-25-22(13-17)32-3/h5-11,13-14,19,26H,4,12,15H2,1-3H3,(H,24,30)(H,27,31). The largest absolute Gasteiger partial charge is 0.481 e. The summed E-state index contributed by atoms with van der Waals surface area (Å²) in [7, 11) is 3.31. The number of benzene rings is 1. The number of anilines is 1. The highest BCUT2D eigenvalue weighted by molar-refractivity contribution is 5.95. The van der Waals surface area contributed by atoms with E-state index in [1.54, 1.807) is 37.2 Å². The Hall–Kier alpha value is -3.72. The van der Waals surface area contributed by atoms with Crippen LogP contribution in [0.5, 0.6) is 5.88 Å². The van der Waals surface area contributed by atoms with Gasteiger partial charge >= 0.3 is 0 Å². The van der Waals surface area contributed by atoms with Crippen LogP contribution in [0.1, 0.15) is 12.5 Å². The Morgan fingerprint density at radius 3 is 2.66 bits per heavy atom. The zero-order valence-corrected chi connectivity index (χ0v) is 18.5. The van der Waals surface area contributed by atoms with Crippen LogP contribution in [0.25, 0.3) is 11.3 Å². The summed E-state index contributed by atoms with van der Waals surface area (Å²) in [6.45, 7) is 2.43. The number of hydrogen-bond donors (Lipinski definition) is 3. The van der Waals surface area contributed by atoms with Crippen molar-refractivity contribution in [1.29, 1.82) is 0 Å². The number of aryl methyl sites for hydroxylation is 1. The predicted octanol–water partition coefficient (Wildman–Crippen LogP) is 1.77. The smallest absolute Gasteiger partial charge is 0.243 e. The van der Waals surface area contributed by atoms with E-state index in [-0.39, 0.29) is 18.4 Å². The van der Waals surface area contributed by atoms with Crippen molar-refractivity contribution in [3.63, 3.8) is 0 Å². The molecule has 1 aromatic carbocycles. The molecule has 0 spiro atoms. The van der Waals surface area contributed by atoms with Gasteiger partial charge in [-0.25, -0.2) is 4.98 Å². The zero-order chi connectivity index (χ0) is 22.9. The predicted molar refractivity (Wildman–Crippen MR) is 122 cm³/mol. The van der Waals surface area contributed by atoms with Crippen molar-refractivity contribution in [2.75, 3.05) is 25.5 Å². The molecule has 9 nitrogen and oxygen atoms in total. The Morgan fingerprint density at radius 1 is 1.16 bits per heavy atom. The van der Waals surface area contributed by atoms with Crippen LogP contribution in [0.15, 0.2) is 54.7 Å². The molecule has 2 aromatic heterocycles. The average molecular weight is 437 g/mol. The lowest BCUT2D eigenvalue weighted by atomic mass is 10.1. The van der Waals surface area contributed by atoms with E-state index in [1.807, 2.05) is 43.3 Å². The second kappa shape index (κ2) is 11.1. The molecule has 3 aromatic rings. The van der Waals surface area contributed by atoms with E-state index >= 15 is 0 Å². The summed E-state index contributed by atoms with van der Waals surface area (Å²) >= 11 is 0. The molecule has 0 saturated heterocycles. The third-order valence-electron chi connectivity index (χ3n) is 4.85.